The van der Waals surface area contributed by atoms with Crippen LogP contribution in [0.15, 0.2) is 0 Å². The van der Waals surface area contributed by atoms with Crippen LogP contribution in [0.5, 0.6) is 0 Å². The quantitative estimate of drug-likeness (QED) is 0.918. The fraction of sp³-hybridized carbons (Fsp3) is 0.769. The van der Waals surface area contributed by atoms with Gasteiger partial charge in [-0.2, -0.15) is 5.10 Å². The summed E-state index contributed by atoms with van der Waals surface area (Å²) in [5.74, 6) is 0. The molecule has 2 rings (SSSR count). The van der Waals surface area contributed by atoms with Crippen LogP contribution in [0.3, 0.4) is 0 Å². The Labute approximate surface area is 114 Å². The normalized spacial score (nSPS) is 23.3. The predicted octanol–water partition coefficient (Wildman–Crippen LogP) is 2.43. The van der Waals surface area contributed by atoms with Crippen LogP contribution in [-0.4, -0.2) is 28.0 Å². The number of aryl methyl sites for hydroxylation is 2. The molecule has 1 saturated heterocycles. The van der Waals surface area contributed by atoms with Crippen LogP contribution >= 0.6 is 11.6 Å². The summed E-state index contributed by atoms with van der Waals surface area (Å²) in [5, 5.41) is 8.66. The van der Waals surface area contributed by atoms with Gasteiger partial charge in [0.05, 0.1) is 22.0 Å². The molecule has 18 heavy (non-hydrogen) atoms. The number of nitrogens with zero attached hydrogens (tertiary/aromatic N) is 2. The molecule has 0 radical (unpaired) electrons. The number of aromatic nitrogens is 2. The maximum atomic E-state index is 6.24. The molecular weight excluding hydrogens is 250 g/mol. The van der Waals surface area contributed by atoms with Crippen molar-refractivity contribution in [1.29, 1.82) is 0 Å². The zero-order valence-corrected chi connectivity index (χ0v) is 12.3. The molecule has 0 spiro atoms. The van der Waals surface area contributed by atoms with E-state index in [1.807, 2.05) is 18.7 Å². The third kappa shape index (κ3) is 3.05. The molecule has 4 nitrogen and oxygen atoms in total. The lowest BCUT2D eigenvalue weighted by atomic mass is 9.94. The van der Waals surface area contributed by atoms with Gasteiger partial charge in [-0.1, -0.05) is 11.6 Å². The Morgan fingerprint density at radius 3 is 2.83 bits per heavy atom. The molecule has 0 bridgehead atoms. The van der Waals surface area contributed by atoms with Gasteiger partial charge in [0.25, 0.3) is 0 Å². The average Bonchev–Trinajstić information content (AvgIpc) is 2.50. The van der Waals surface area contributed by atoms with Crippen LogP contribution in [0.4, 0.5) is 0 Å². The minimum absolute atomic E-state index is 0.0257. The molecule has 1 N–H and O–H groups in total. The van der Waals surface area contributed by atoms with Crippen LogP contribution in [0.1, 0.15) is 38.1 Å². The molecule has 5 heteroatoms. The highest BCUT2D eigenvalue weighted by Gasteiger charge is 2.28. The van der Waals surface area contributed by atoms with Gasteiger partial charge in [-0.05, 0) is 33.6 Å². The molecule has 1 aliphatic rings. The average molecular weight is 272 g/mol. The highest BCUT2D eigenvalue weighted by atomic mass is 35.5. The van der Waals surface area contributed by atoms with E-state index in [1.54, 1.807) is 0 Å². The van der Waals surface area contributed by atoms with E-state index in [-0.39, 0.29) is 5.60 Å². The molecule has 2 heterocycles. The fourth-order valence-electron chi connectivity index (χ4n) is 2.52. The Balaban J connectivity index is 1.95. The van der Waals surface area contributed by atoms with Crippen LogP contribution in [0.2, 0.25) is 5.02 Å². The van der Waals surface area contributed by atoms with Crippen LogP contribution in [0.25, 0.3) is 0 Å². The van der Waals surface area contributed by atoms with Crippen molar-refractivity contribution in [1.82, 2.24) is 15.1 Å². The molecule has 0 saturated carbocycles. The van der Waals surface area contributed by atoms with Crippen LogP contribution < -0.4 is 5.32 Å². The molecule has 0 aliphatic carbocycles. The van der Waals surface area contributed by atoms with E-state index in [0.717, 1.165) is 42.4 Å². The van der Waals surface area contributed by atoms with Crippen molar-refractivity contribution in [2.24, 2.45) is 7.05 Å². The van der Waals surface area contributed by atoms with Gasteiger partial charge in [0.15, 0.2) is 0 Å². The Morgan fingerprint density at radius 2 is 2.28 bits per heavy atom. The minimum atomic E-state index is -0.0257. The van der Waals surface area contributed by atoms with E-state index in [9.17, 15) is 0 Å². The molecular formula is C13H22ClN3O. The Bertz CT molecular complexity index is 428. The molecule has 1 aromatic rings. The Kier molecular flexibility index (Phi) is 3.99. The van der Waals surface area contributed by atoms with Crippen LogP contribution in [0, 0.1) is 6.92 Å². The molecule has 1 aliphatic heterocycles. The lowest BCUT2D eigenvalue weighted by Gasteiger charge is -2.36. The van der Waals surface area contributed by atoms with Crippen molar-refractivity contribution in [2.45, 2.75) is 51.8 Å². The third-order valence-corrected chi connectivity index (χ3v) is 4.01. The number of rotatable bonds is 3. The summed E-state index contributed by atoms with van der Waals surface area (Å²) < 4.78 is 7.57. The standard InChI is InChI=1S/C13H22ClN3O/c1-9-12(14)11(17(4)16-9)8-15-10-5-6-18-13(2,3)7-10/h10,15H,5-8H2,1-4H3. The Morgan fingerprint density at radius 1 is 1.56 bits per heavy atom. The summed E-state index contributed by atoms with van der Waals surface area (Å²) in [5.41, 5.74) is 1.92. The number of hydrogen-bond donors (Lipinski definition) is 1. The molecule has 1 fully saturated rings. The molecule has 0 aromatic carbocycles. The van der Waals surface area contributed by atoms with Gasteiger partial charge in [-0.25, -0.2) is 0 Å². The SMILES string of the molecule is Cc1nn(C)c(CNC2CCOC(C)(C)C2)c1Cl. The molecule has 1 aromatic heterocycles. The summed E-state index contributed by atoms with van der Waals surface area (Å²) in [6.45, 7) is 7.80. The van der Waals surface area contributed by atoms with Crippen molar-refractivity contribution in [2.75, 3.05) is 6.61 Å². The predicted molar refractivity (Wildman–Crippen MR) is 72.8 cm³/mol. The van der Waals surface area contributed by atoms with Crippen molar-refractivity contribution in [3.8, 4) is 0 Å². The van der Waals surface area contributed by atoms with Gasteiger partial charge in [0.2, 0.25) is 0 Å². The zero-order chi connectivity index (χ0) is 13.3. The largest absolute Gasteiger partial charge is 0.375 e. The van der Waals surface area contributed by atoms with E-state index in [1.165, 1.54) is 0 Å². The summed E-state index contributed by atoms with van der Waals surface area (Å²) in [6, 6.07) is 0.486. The van der Waals surface area contributed by atoms with E-state index < -0.39 is 0 Å². The summed E-state index contributed by atoms with van der Waals surface area (Å²) in [6.07, 6.45) is 2.08. The first-order valence-corrected chi connectivity index (χ1v) is 6.82. The first-order chi connectivity index (χ1) is 8.39. The van der Waals surface area contributed by atoms with Crippen molar-refractivity contribution < 1.29 is 4.74 Å². The number of nitrogens with one attached hydrogen (secondary N) is 1. The zero-order valence-electron chi connectivity index (χ0n) is 11.6. The van der Waals surface area contributed by atoms with E-state index in [2.05, 4.69) is 24.3 Å². The summed E-state index contributed by atoms with van der Waals surface area (Å²) in [4.78, 5) is 0. The molecule has 1 atom stereocenters. The highest BCUT2D eigenvalue weighted by molar-refractivity contribution is 6.31. The van der Waals surface area contributed by atoms with Crippen molar-refractivity contribution in [3.63, 3.8) is 0 Å². The lowest BCUT2D eigenvalue weighted by Crippen LogP contribution is -2.43. The molecule has 102 valence electrons. The highest BCUT2D eigenvalue weighted by Crippen LogP contribution is 2.25. The molecule has 0 amide bonds. The fourth-order valence-corrected chi connectivity index (χ4v) is 2.75. The first kappa shape index (κ1) is 13.8. The van der Waals surface area contributed by atoms with Gasteiger partial charge in [0, 0.05) is 26.2 Å². The second-order valence-electron chi connectivity index (χ2n) is 5.65. The van der Waals surface area contributed by atoms with E-state index in [4.69, 9.17) is 16.3 Å². The summed E-state index contributed by atoms with van der Waals surface area (Å²) in [7, 11) is 1.93. The third-order valence-electron chi connectivity index (χ3n) is 3.52. The number of hydrogen-bond acceptors (Lipinski definition) is 3. The number of ether oxygens (including phenoxy) is 1. The maximum absolute atomic E-state index is 6.24. The molecule has 1 unspecified atom stereocenters. The second kappa shape index (κ2) is 5.19. The van der Waals surface area contributed by atoms with Gasteiger partial charge in [-0.3, -0.25) is 4.68 Å². The second-order valence-corrected chi connectivity index (χ2v) is 6.03. The lowest BCUT2D eigenvalue weighted by molar-refractivity contribution is -0.0631. The smallest absolute Gasteiger partial charge is 0.0860 e. The monoisotopic (exact) mass is 271 g/mol. The van der Waals surface area contributed by atoms with Crippen molar-refractivity contribution >= 4 is 11.6 Å². The van der Waals surface area contributed by atoms with Crippen LogP contribution in [-0.2, 0) is 18.3 Å². The number of halogens is 1. The first-order valence-electron chi connectivity index (χ1n) is 6.44. The maximum Gasteiger partial charge on any atom is 0.0860 e. The topological polar surface area (TPSA) is 39.1 Å². The van der Waals surface area contributed by atoms with Gasteiger partial charge in [-0.15, -0.1) is 0 Å². The minimum Gasteiger partial charge on any atom is -0.375 e. The van der Waals surface area contributed by atoms with Gasteiger partial charge in [0.1, 0.15) is 0 Å². The van der Waals surface area contributed by atoms with Crippen molar-refractivity contribution in [3.05, 3.63) is 16.4 Å². The van der Waals surface area contributed by atoms with Gasteiger partial charge < -0.3 is 10.1 Å². The summed E-state index contributed by atoms with van der Waals surface area (Å²) >= 11 is 6.24. The van der Waals surface area contributed by atoms with Gasteiger partial charge >= 0.3 is 0 Å². The van der Waals surface area contributed by atoms with E-state index in [0.29, 0.717) is 6.04 Å². The Hall–Kier alpha value is -0.580. The van der Waals surface area contributed by atoms with E-state index >= 15 is 0 Å².